The number of hydrogen-bond acceptors (Lipinski definition) is 4. The molecule has 0 aromatic heterocycles. The molecule has 2 rings (SSSR count). The van der Waals surface area contributed by atoms with E-state index >= 15 is 0 Å². The lowest BCUT2D eigenvalue weighted by Gasteiger charge is -2.22. The van der Waals surface area contributed by atoms with Crippen molar-refractivity contribution >= 4 is 0 Å². The fraction of sp³-hybridized carbons (Fsp3) is 0.636. The predicted octanol–water partition coefficient (Wildman–Crippen LogP) is 7.40. The molecule has 0 fully saturated rings. The third-order valence-corrected chi connectivity index (χ3v) is 7.44. The minimum atomic E-state index is 0.601. The average molecular weight is 511 g/mol. The fourth-order valence-electron chi connectivity index (χ4n) is 4.79. The highest BCUT2D eigenvalue weighted by atomic mass is 16.5. The Morgan fingerprint density at radius 3 is 1.92 bits per heavy atom. The van der Waals surface area contributed by atoms with Crippen molar-refractivity contribution in [3.8, 4) is 11.5 Å². The molecule has 4 heteroatoms. The number of benzene rings is 2. The number of hydrogen-bond donors (Lipinski definition) is 1. The van der Waals surface area contributed by atoms with Gasteiger partial charge in [0.25, 0.3) is 0 Å². The van der Waals surface area contributed by atoms with Gasteiger partial charge in [0.05, 0.1) is 13.2 Å². The Labute approximate surface area is 228 Å². The van der Waals surface area contributed by atoms with Crippen LogP contribution in [0.5, 0.6) is 11.5 Å². The first-order chi connectivity index (χ1) is 18.1. The van der Waals surface area contributed by atoms with E-state index in [4.69, 9.17) is 9.47 Å². The van der Waals surface area contributed by atoms with Crippen LogP contribution in [-0.2, 0) is 12.8 Å². The van der Waals surface area contributed by atoms with Crippen molar-refractivity contribution in [1.29, 1.82) is 0 Å². The van der Waals surface area contributed by atoms with E-state index < -0.39 is 0 Å². The number of nitrogens with one attached hydrogen (secondary N) is 1. The van der Waals surface area contributed by atoms with Gasteiger partial charge in [0, 0.05) is 0 Å². The van der Waals surface area contributed by atoms with E-state index in [1.165, 1.54) is 49.7 Å². The molecule has 0 aliphatic heterocycles. The molecule has 1 unspecified atom stereocenters. The molecule has 0 radical (unpaired) electrons. The summed E-state index contributed by atoms with van der Waals surface area (Å²) in [4.78, 5) is 2.48. The monoisotopic (exact) mass is 510 g/mol. The molecule has 37 heavy (non-hydrogen) atoms. The summed E-state index contributed by atoms with van der Waals surface area (Å²) in [5.41, 5.74) is 2.74. The third-order valence-electron chi connectivity index (χ3n) is 7.44. The summed E-state index contributed by atoms with van der Waals surface area (Å²) in [6, 6.07) is 17.3. The maximum atomic E-state index is 6.25. The molecule has 4 nitrogen and oxygen atoms in total. The second-order valence-electron chi connectivity index (χ2n) is 10.7. The van der Waals surface area contributed by atoms with Crippen molar-refractivity contribution in [3.63, 3.8) is 0 Å². The van der Waals surface area contributed by atoms with Crippen LogP contribution in [0.15, 0.2) is 48.5 Å². The molecule has 1 N–H and O–H groups in total. The molecule has 0 spiro atoms. The molecule has 208 valence electrons. The van der Waals surface area contributed by atoms with Gasteiger partial charge in [0.15, 0.2) is 0 Å². The summed E-state index contributed by atoms with van der Waals surface area (Å²) >= 11 is 0. The molecule has 0 saturated heterocycles. The first-order valence-electron chi connectivity index (χ1n) is 14.8. The number of ether oxygens (including phenoxy) is 2. The van der Waals surface area contributed by atoms with Gasteiger partial charge in [0.2, 0.25) is 0 Å². The van der Waals surface area contributed by atoms with E-state index in [-0.39, 0.29) is 0 Å². The van der Waals surface area contributed by atoms with Gasteiger partial charge < -0.3 is 19.7 Å². The predicted molar refractivity (Wildman–Crippen MR) is 159 cm³/mol. The van der Waals surface area contributed by atoms with E-state index in [0.717, 1.165) is 63.6 Å². The lowest BCUT2D eigenvalue weighted by atomic mass is 10.0. The zero-order valence-electron chi connectivity index (χ0n) is 24.4. The highest BCUT2D eigenvalue weighted by Crippen LogP contribution is 2.20. The lowest BCUT2D eigenvalue weighted by Crippen LogP contribution is -2.25. The van der Waals surface area contributed by atoms with Crippen molar-refractivity contribution in [2.75, 3.05) is 46.9 Å². The molecule has 0 saturated carbocycles. The summed E-state index contributed by atoms with van der Waals surface area (Å²) in [6.45, 7) is 11.7. The maximum absolute atomic E-state index is 6.25. The van der Waals surface area contributed by atoms with Crippen LogP contribution >= 0.6 is 0 Å². The second kappa shape index (κ2) is 19.1. The molecule has 1 atom stereocenters. The number of nitrogens with zero attached hydrogens (tertiary/aromatic N) is 1. The van der Waals surface area contributed by atoms with Crippen molar-refractivity contribution < 1.29 is 9.47 Å². The van der Waals surface area contributed by atoms with Gasteiger partial charge in [-0.25, -0.2) is 0 Å². The summed E-state index contributed by atoms with van der Waals surface area (Å²) in [7, 11) is 4.27. The molecule has 0 aliphatic carbocycles. The summed E-state index contributed by atoms with van der Waals surface area (Å²) in [5.74, 6) is 3.29. The van der Waals surface area contributed by atoms with Gasteiger partial charge in [-0.3, -0.25) is 0 Å². The van der Waals surface area contributed by atoms with Gasteiger partial charge >= 0.3 is 0 Å². The molecule has 0 bridgehead atoms. The van der Waals surface area contributed by atoms with Crippen molar-refractivity contribution in [1.82, 2.24) is 10.2 Å². The molecule has 0 amide bonds. The zero-order chi connectivity index (χ0) is 26.7. The van der Waals surface area contributed by atoms with E-state index in [1.807, 2.05) is 7.05 Å². The summed E-state index contributed by atoms with van der Waals surface area (Å²) in [6.07, 6.45) is 10.5. The molecular weight excluding hydrogens is 456 g/mol. The minimum absolute atomic E-state index is 0.601. The third kappa shape index (κ3) is 13.4. The normalized spacial score (nSPS) is 12.3. The quantitative estimate of drug-likeness (QED) is 0.177. The van der Waals surface area contributed by atoms with Crippen LogP contribution in [0.3, 0.4) is 0 Å². The van der Waals surface area contributed by atoms with Gasteiger partial charge in [-0.15, -0.1) is 0 Å². The fourth-order valence-corrected chi connectivity index (χ4v) is 4.79. The van der Waals surface area contributed by atoms with Gasteiger partial charge in [-0.05, 0) is 119 Å². The second-order valence-corrected chi connectivity index (χ2v) is 10.7. The van der Waals surface area contributed by atoms with Crippen LogP contribution in [0.25, 0.3) is 0 Å². The van der Waals surface area contributed by atoms with Crippen molar-refractivity contribution in [2.45, 2.75) is 78.6 Å². The first kappa shape index (κ1) is 31.2. The first-order valence-corrected chi connectivity index (χ1v) is 14.8. The molecule has 0 aliphatic rings. The topological polar surface area (TPSA) is 33.7 Å². The Hall–Kier alpha value is -2.04. The molecule has 2 aromatic rings. The molecular formula is C33H54N2O2. The Morgan fingerprint density at radius 1 is 0.757 bits per heavy atom. The highest BCUT2D eigenvalue weighted by Gasteiger charge is 2.11. The van der Waals surface area contributed by atoms with Crippen LogP contribution in [0.4, 0.5) is 0 Å². The van der Waals surface area contributed by atoms with Crippen molar-refractivity contribution in [3.05, 3.63) is 59.7 Å². The average Bonchev–Trinajstić information content (AvgIpc) is 2.91. The van der Waals surface area contributed by atoms with E-state index in [0.29, 0.717) is 11.8 Å². The van der Waals surface area contributed by atoms with Crippen molar-refractivity contribution in [2.24, 2.45) is 11.8 Å². The molecule has 0 heterocycles. The Balaban J connectivity index is 1.71. The van der Waals surface area contributed by atoms with Gasteiger partial charge in [-0.2, -0.15) is 0 Å². The smallest absolute Gasteiger partial charge is 0.119 e. The highest BCUT2D eigenvalue weighted by molar-refractivity contribution is 5.29. The molecule has 2 aromatic carbocycles. The Kier molecular flexibility index (Phi) is 16.1. The van der Waals surface area contributed by atoms with E-state index in [9.17, 15) is 0 Å². The largest absolute Gasteiger partial charge is 0.493 e. The Bertz CT molecular complexity index is 837. The zero-order valence-corrected chi connectivity index (χ0v) is 24.4. The lowest BCUT2D eigenvalue weighted by molar-refractivity contribution is 0.208. The van der Waals surface area contributed by atoms with E-state index in [2.05, 4.69) is 86.6 Å². The maximum Gasteiger partial charge on any atom is 0.119 e. The Morgan fingerprint density at radius 2 is 1.35 bits per heavy atom. The SMILES string of the molecule is CCCC(CCN(C)CCCc1cccc(OCC(CC)CC)c1)COc1cccc(CCCNC)c1. The van der Waals surface area contributed by atoms with E-state index in [1.54, 1.807) is 0 Å². The minimum Gasteiger partial charge on any atom is -0.493 e. The summed E-state index contributed by atoms with van der Waals surface area (Å²) in [5, 5.41) is 3.22. The van der Waals surface area contributed by atoms with Crippen LogP contribution in [0.2, 0.25) is 0 Å². The van der Waals surface area contributed by atoms with Crippen LogP contribution in [0, 0.1) is 11.8 Å². The summed E-state index contributed by atoms with van der Waals surface area (Å²) < 4.78 is 12.3. The van der Waals surface area contributed by atoms with Gasteiger partial charge in [0.1, 0.15) is 11.5 Å². The van der Waals surface area contributed by atoms with Crippen LogP contribution in [0.1, 0.15) is 76.8 Å². The van der Waals surface area contributed by atoms with Crippen LogP contribution in [-0.4, -0.2) is 51.8 Å². The number of rotatable bonds is 21. The van der Waals surface area contributed by atoms with Gasteiger partial charge in [-0.1, -0.05) is 64.3 Å². The standard InChI is InChI=1S/C33H54N2O2/c1-6-13-31(27-37-33-19-9-14-29(24-33)16-11-21-34-4)20-23-35(5)22-12-17-30-15-10-18-32(25-30)36-26-28(7-2)8-3/h9-10,14-15,18-19,24-25,28,31,34H,6-8,11-13,16-17,20-23,26-27H2,1-5H3. The van der Waals surface area contributed by atoms with Crippen LogP contribution < -0.4 is 14.8 Å². The number of aryl methyl sites for hydroxylation is 2.